The van der Waals surface area contributed by atoms with Crippen molar-refractivity contribution in [2.45, 2.75) is 18.2 Å². The number of rotatable bonds is 3. The first kappa shape index (κ1) is 12.6. The van der Waals surface area contributed by atoms with Crippen LogP contribution < -0.4 is 5.32 Å². The lowest BCUT2D eigenvalue weighted by atomic mass is 10.0. The average molecular weight is 298 g/mol. The highest BCUT2D eigenvalue weighted by molar-refractivity contribution is 9.08. The molecule has 17 heavy (non-hydrogen) atoms. The zero-order chi connectivity index (χ0) is 12.1. The number of halogens is 1. The minimum Gasteiger partial charge on any atom is -0.381 e. The molecule has 0 bridgehead atoms. The molecule has 4 heteroatoms. The Morgan fingerprint density at radius 2 is 2.41 bits per heavy atom. The van der Waals surface area contributed by atoms with Gasteiger partial charge in [0, 0.05) is 17.6 Å². The summed E-state index contributed by atoms with van der Waals surface area (Å²) in [6.07, 6.45) is 1.89. The van der Waals surface area contributed by atoms with Gasteiger partial charge in [0.05, 0.1) is 12.5 Å². The number of hydrogen-bond donors (Lipinski definition) is 1. The van der Waals surface area contributed by atoms with Gasteiger partial charge in [-0.1, -0.05) is 28.1 Å². The van der Waals surface area contributed by atoms with E-state index in [0.717, 1.165) is 36.0 Å². The summed E-state index contributed by atoms with van der Waals surface area (Å²) in [5.74, 6) is 0.0628. The second-order valence-electron chi connectivity index (χ2n) is 4.24. The van der Waals surface area contributed by atoms with Gasteiger partial charge in [-0.15, -0.1) is 0 Å². The molecule has 1 N–H and O–H groups in total. The molecule has 1 heterocycles. The summed E-state index contributed by atoms with van der Waals surface area (Å²) >= 11 is 3.40. The van der Waals surface area contributed by atoms with Crippen molar-refractivity contribution in [3.63, 3.8) is 0 Å². The summed E-state index contributed by atoms with van der Waals surface area (Å²) in [5, 5.41) is 3.74. The van der Waals surface area contributed by atoms with Crippen molar-refractivity contribution < 1.29 is 9.53 Å². The Labute approximate surface area is 110 Å². The molecule has 1 saturated heterocycles. The topological polar surface area (TPSA) is 38.3 Å². The van der Waals surface area contributed by atoms with Crippen LogP contribution in [0.1, 0.15) is 18.4 Å². The zero-order valence-electron chi connectivity index (χ0n) is 9.62. The van der Waals surface area contributed by atoms with Crippen LogP contribution in [0.3, 0.4) is 0 Å². The van der Waals surface area contributed by atoms with Gasteiger partial charge in [-0.05, 0) is 30.5 Å². The Morgan fingerprint density at radius 1 is 1.53 bits per heavy atom. The van der Waals surface area contributed by atoms with Crippen LogP contribution in [-0.4, -0.2) is 19.1 Å². The van der Waals surface area contributed by atoms with E-state index in [1.54, 1.807) is 0 Å². The first-order chi connectivity index (χ1) is 8.29. The van der Waals surface area contributed by atoms with E-state index in [-0.39, 0.29) is 11.8 Å². The summed E-state index contributed by atoms with van der Waals surface area (Å²) in [7, 11) is 0. The maximum absolute atomic E-state index is 12.0. The number of amides is 1. The number of hydrogen-bond acceptors (Lipinski definition) is 2. The van der Waals surface area contributed by atoms with Crippen molar-refractivity contribution in [1.29, 1.82) is 0 Å². The second-order valence-corrected chi connectivity index (χ2v) is 4.80. The Hall–Kier alpha value is -0.870. The summed E-state index contributed by atoms with van der Waals surface area (Å²) < 4.78 is 5.32. The third-order valence-electron chi connectivity index (χ3n) is 2.88. The molecule has 1 aliphatic heterocycles. The first-order valence-electron chi connectivity index (χ1n) is 5.83. The predicted molar refractivity (Wildman–Crippen MR) is 71.2 cm³/mol. The Balaban J connectivity index is 1.96. The van der Waals surface area contributed by atoms with Crippen LogP contribution in [0.5, 0.6) is 0 Å². The van der Waals surface area contributed by atoms with Gasteiger partial charge in [-0.25, -0.2) is 0 Å². The number of carbonyl (C=O) groups is 1. The van der Waals surface area contributed by atoms with E-state index in [1.807, 2.05) is 24.3 Å². The fraction of sp³-hybridized carbons (Fsp3) is 0.462. The Bertz CT molecular complexity index is 389. The van der Waals surface area contributed by atoms with Crippen molar-refractivity contribution in [2.75, 3.05) is 18.5 Å². The molecule has 1 fully saturated rings. The van der Waals surface area contributed by atoms with E-state index in [0.29, 0.717) is 6.61 Å². The van der Waals surface area contributed by atoms with Gasteiger partial charge in [0.1, 0.15) is 0 Å². The molecule has 2 rings (SSSR count). The number of carbonyl (C=O) groups excluding carboxylic acids is 1. The fourth-order valence-corrected chi connectivity index (χ4v) is 2.27. The number of nitrogens with one attached hydrogen (secondary N) is 1. The SMILES string of the molecule is O=C(Nc1cccc(CBr)c1)C1CCCOC1. The molecule has 1 aromatic carbocycles. The van der Waals surface area contributed by atoms with Crippen molar-refractivity contribution in [1.82, 2.24) is 0 Å². The summed E-state index contributed by atoms with van der Waals surface area (Å²) in [5.41, 5.74) is 2.01. The lowest BCUT2D eigenvalue weighted by Gasteiger charge is -2.21. The quantitative estimate of drug-likeness (QED) is 0.871. The Kier molecular flexibility index (Phi) is 4.57. The molecule has 0 aliphatic carbocycles. The molecule has 1 unspecified atom stereocenters. The minimum absolute atomic E-state index is 0.00336. The summed E-state index contributed by atoms with van der Waals surface area (Å²) in [6, 6.07) is 7.86. The molecule has 1 amide bonds. The summed E-state index contributed by atoms with van der Waals surface area (Å²) in [6.45, 7) is 1.33. The van der Waals surface area contributed by atoms with Crippen LogP contribution in [0, 0.1) is 5.92 Å². The molecular formula is C13H16BrNO2. The van der Waals surface area contributed by atoms with Gasteiger partial charge in [-0.2, -0.15) is 0 Å². The maximum Gasteiger partial charge on any atom is 0.229 e. The van der Waals surface area contributed by atoms with Crippen LogP contribution >= 0.6 is 15.9 Å². The molecule has 1 aliphatic rings. The molecule has 0 spiro atoms. The minimum atomic E-state index is -0.00336. The van der Waals surface area contributed by atoms with E-state index in [1.165, 1.54) is 0 Å². The molecule has 0 radical (unpaired) electrons. The van der Waals surface area contributed by atoms with E-state index in [4.69, 9.17) is 4.74 Å². The largest absolute Gasteiger partial charge is 0.381 e. The van der Waals surface area contributed by atoms with Gasteiger partial charge < -0.3 is 10.1 Å². The summed E-state index contributed by atoms with van der Waals surface area (Å²) in [4.78, 5) is 12.0. The Morgan fingerprint density at radius 3 is 3.12 bits per heavy atom. The second kappa shape index (κ2) is 6.17. The van der Waals surface area contributed by atoms with E-state index >= 15 is 0 Å². The van der Waals surface area contributed by atoms with Crippen molar-refractivity contribution >= 4 is 27.5 Å². The normalized spacial score (nSPS) is 19.9. The number of benzene rings is 1. The molecule has 0 saturated carbocycles. The van der Waals surface area contributed by atoms with Gasteiger partial charge in [-0.3, -0.25) is 4.79 Å². The standard InChI is InChI=1S/C13H16BrNO2/c14-8-10-3-1-5-12(7-10)15-13(16)11-4-2-6-17-9-11/h1,3,5,7,11H,2,4,6,8-9H2,(H,15,16). The van der Waals surface area contributed by atoms with Gasteiger partial charge in [0.25, 0.3) is 0 Å². The zero-order valence-corrected chi connectivity index (χ0v) is 11.2. The molecule has 1 aromatic rings. The van der Waals surface area contributed by atoms with E-state index < -0.39 is 0 Å². The highest BCUT2D eigenvalue weighted by atomic mass is 79.9. The van der Waals surface area contributed by atoms with Crippen LogP contribution in [0.2, 0.25) is 0 Å². The molecule has 3 nitrogen and oxygen atoms in total. The number of alkyl halides is 1. The van der Waals surface area contributed by atoms with E-state index in [9.17, 15) is 4.79 Å². The average Bonchev–Trinajstić information content (AvgIpc) is 2.40. The monoisotopic (exact) mass is 297 g/mol. The molecule has 92 valence electrons. The van der Waals surface area contributed by atoms with Crippen molar-refractivity contribution in [3.05, 3.63) is 29.8 Å². The lowest BCUT2D eigenvalue weighted by Crippen LogP contribution is -2.30. The van der Waals surface area contributed by atoms with Gasteiger partial charge in [0.15, 0.2) is 0 Å². The van der Waals surface area contributed by atoms with Crippen LogP contribution in [-0.2, 0) is 14.9 Å². The van der Waals surface area contributed by atoms with Crippen LogP contribution in [0.25, 0.3) is 0 Å². The number of ether oxygens (including phenoxy) is 1. The first-order valence-corrected chi connectivity index (χ1v) is 6.95. The molecular weight excluding hydrogens is 282 g/mol. The third kappa shape index (κ3) is 3.54. The van der Waals surface area contributed by atoms with Gasteiger partial charge in [0.2, 0.25) is 5.91 Å². The lowest BCUT2D eigenvalue weighted by molar-refractivity contribution is -0.123. The number of anilines is 1. The van der Waals surface area contributed by atoms with E-state index in [2.05, 4.69) is 21.2 Å². The third-order valence-corrected chi connectivity index (χ3v) is 3.53. The van der Waals surface area contributed by atoms with Crippen molar-refractivity contribution in [2.24, 2.45) is 5.92 Å². The smallest absolute Gasteiger partial charge is 0.229 e. The maximum atomic E-state index is 12.0. The molecule has 1 atom stereocenters. The van der Waals surface area contributed by atoms with Crippen molar-refractivity contribution in [3.8, 4) is 0 Å². The fourth-order valence-electron chi connectivity index (χ4n) is 1.92. The predicted octanol–water partition coefficient (Wildman–Crippen LogP) is 2.95. The van der Waals surface area contributed by atoms with Gasteiger partial charge >= 0.3 is 0 Å². The van der Waals surface area contributed by atoms with Crippen LogP contribution in [0.15, 0.2) is 24.3 Å². The highest BCUT2D eigenvalue weighted by Gasteiger charge is 2.21. The molecule has 0 aromatic heterocycles. The highest BCUT2D eigenvalue weighted by Crippen LogP contribution is 2.18. The van der Waals surface area contributed by atoms with Crippen LogP contribution in [0.4, 0.5) is 5.69 Å².